The van der Waals surface area contributed by atoms with E-state index in [0.717, 1.165) is 24.3 Å². The van der Waals surface area contributed by atoms with Crippen molar-refractivity contribution in [3.63, 3.8) is 0 Å². The zero-order chi connectivity index (χ0) is 18.4. The van der Waals surface area contributed by atoms with E-state index in [1.54, 1.807) is 0 Å². The first-order valence-corrected chi connectivity index (χ1v) is 9.24. The number of benzene rings is 1. The van der Waals surface area contributed by atoms with Gasteiger partial charge >= 0.3 is 6.18 Å². The molecular weight excluding hydrogens is 361 g/mol. The predicted octanol–water partition coefficient (Wildman–Crippen LogP) is 1.19. The maximum Gasteiger partial charge on any atom is 0.416 e. The lowest BCUT2D eigenvalue weighted by Crippen LogP contribution is -2.43. The second-order valence-electron chi connectivity index (χ2n) is 6.09. The molecule has 0 bridgehead atoms. The standard InChI is InChI=1S/C15H17F3N2O4S/c1-19-12-8-20(9-13(12)24-6-7-25(19,22)23)14(21)10-2-4-11(5-3-10)15(16,17)18/h2-5,12-13H,6-9H2,1H3/t12-,13+/m1/s1. The SMILES string of the molecule is CN1[C@@H]2CN(C(=O)c3ccc(C(F)(F)F)cc3)C[C@@H]2OCCS1(=O)=O. The van der Waals surface area contributed by atoms with Crippen LogP contribution in [0.1, 0.15) is 15.9 Å². The summed E-state index contributed by atoms with van der Waals surface area (Å²) in [6.45, 7) is 0.390. The summed E-state index contributed by atoms with van der Waals surface area (Å²) in [5.41, 5.74) is -0.709. The predicted molar refractivity (Wildman–Crippen MR) is 82.4 cm³/mol. The number of carbonyl (C=O) groups excluding carboxylic acids is 1. The maximum absolute atomic E-state index is 12.6. The average molecular weight is 378 g/mol. The number of hydrogen-bond donors (Lipinski definition) is 0. The van der Waals surface area contributed by atoms with Gasteiger partial charge in [0.1, 0.15) is 0 Å². The monoisotopic (exact) mass is 378 g/mol. The van der Waals surface area contributed by atoms with Crippen molar-refractivity contribution in [1.29, 1.82) is 0 Å². The first kappa shape index (κ1) is 18.2. The Bertz CT molecular complexity index is 764. The number of hydrogen-bond acceptors (Lipinski definition) is 4. The number of halogens is 3. The molecule has 10 heteroatoms. The molecule has 0 radical (unpaired) electrons. The van der Waals surface area contributed by atoms with E-state index in [-0.39, 0.29) is 31.0 Å². The Morgan fingerprint density at radius 1 is 1.20 bits per heavy atom. The zero-order valence-corrected chi connectivity index (χ0v) is 14.2. The molecule has 0 aromatic heterocycles. The molecule has 3 rings (SSSR count). The summed E-state index contributed by atoms with van der Waals surface area (Å²) in [4.78, 5) is 13.9. The van der Waals surface area contributed by atoms with Gasteiger partial charge in [-0.25, -0.2) is 8.42 Å². The van der Waals surface area contributed by atoms with Crippen LogP contribution < -0.4 is 0 Å². The molecule has 2 saturated heterocycles. The lowest BCUT2D eigenvalue weighted by atomic mass is 10.1. The van der Waals surface area contributed by atoms with E-state index in [0.29, 0.717) is 0 Å². The first-order chi connectivity index (χ1) is 11.6. The van der Waals surface area contributed by atoms with Gasteiger partial charge in [-0.3, -0.25) is 4.79 Å². The highest BCUT2D eigenvalue weighted by molar-refractivity contribution is 7.89. The average Bonchev–Trinajstić information content (AvgIpc) is 2.92. The summed E-state index contributed by atoms with van der Waals surface area (Å²) >= 11 is 0. The quantitative estimate of drug-likeness (QED) is 0.736. The number of likely N-dealkylation sites (tertiary alicyclic amines) is 1. The fourth-order valence-electron chi connectivity index (χ4n) is 3.07. The minimum Gasteiger partial charge on any atom is -0.374 e. The normalized spacial score (nSPS) is 27.0. The van der Waals surface area contributed by atoms with Gasteiger partial charge < -0.3 is 9.64 Å². The maximum atomic E-state index is 12.6. The number of fused-ring (bicyclic) bond motifs is 1. The third-order valence-corrected chi connectivity index (χ3v) is 6.39. The van der Waals surface area contributed by atoms with Crippen molar-refractivity contribution in [2.24, 2.45) is 0 Å². The van der Waals surface area contributed by atoms with Crippen LogP contribution in [0.15, 0.2) is 24.3 Å². The van der Waals surface area contributed by atoms with E-state index in [4.69, 9.17) is 4.74 Å². The molecule has 0 saturated carbocycles. The van der Waals surface area contributed by atoms with Gasteiger partial charge in [0.2, 0.25) is 10.0 Å². The Kier molecular flexibility index (Phi) is 4.54. The van der Waals surface area contributed by atoms with Gasteiger partial charge in [0.15, 0.2) is 0 Å². The van der Waals surface area contributed by atoms with Crippen LogP contribution >= 0.6 is 0 Å². The lowest BCUT2D eigenvalue weighted by molar-refractivity contribution is -0.137. The van der Waals surface area contributed by atoms with Crippen LogP contribution in [0.3, 0.4) is 0 Å². The van der Waals surface area contributed by atoms with Crippen LogP contribution in [-0.4, -0.2) is 68.2 Å². The van der Waals surface area contributed by atoms with E-state index in [1.807, 2.05) is 0 Å². The zero-order valence-electron chi connectivity index (χ0n) is 13.4. The van der Waals surface area contributed by atoms with Gasteiger partial charge in [0.05, 0.1) is 30.1 Å². The van der Waals surface area contributed by atoms with Crippen LogP contribution in [0.25, 0.3) is 0 Å². The summed E-state index contributed by atoms with van der Waals surface area (Å²) < 4.78 is 68.7. The number of alkyl halides is 3. The first-order valence-electron chi connectivity index (χ1n) is 7.63. The molecule has 25 heavy (non-hydrogen) atoms. The van der Waals surface area contributed by atoms with Gasteiger partial charge in [-0.1, -0.05) is 0 Å². The Balaban J connectivity index is 1.76. The van der Waals surface area contributed by atoms with Crippen LogP contribution in [-0.2, 0) is 20.9 Å². The molecule has 0 N–H and O–H groups in total. The lowest BCUT2D eigenvalue weighted by Gasteiger charge is -2.23. The van der Waals surface area contributed by atoms with Crippen molar-refractivity contribution in [1.82, 2.24) is 9.21 Å². The molecule has 1 aromatic carbocycles. The summed E-state index contributed by atoms with van der Waals surface area (Å²) in [5, 5.41) is 0. The van der Waals surface area contributed by atoms with Gasteiger partial charge in [-0.15, -0.1) is 0 Å². The number of amides is 1. The van der Waals surface area contributed by atoms with Crippen molar-refractivity contribution in [2.45, 2.75) is 18.3 Å². The highest BCUT2D eigenvalue weighted by Gasteiger charge is 2.44. The van der Waals surface area contributed by atoms with Crippen molar-refractivity contribution in [2.75, 3.05) is 32.5 Å². The Morgan fingerprint density at radius 2 is 1.84 bits per heavy atom. The highest BCUT2D eigenvalue weighted by Crippen LogP contribution is 2.30. The van der Waals surface area contributed by atoms with Crippen molar-refractivity contribution in [3.05, 3.63) is 35.4 Å². The van der Waals surface area contributed by atoms with Crippen LogP contribution in [0.4, 0.5) is 13.2 Å². The van der Waals surface area contributed by atoms with Crippen molar-refractivity contribution < 1.29 is 31.1 Å². The van der Waals surface area contributed by atoms with E-state index in [9.17, 15) is 26.4 Å². The fourth-order valence-corrected chi connectivity index (χ4v) is 4.28. The van der Waals surface area contributed by atoms with Crippen molar-refractivity contribution in [3.8, 4) is 0 Å². The Hall–Kier alpha value is -1.65. The minimum atomic E-state index is -4.46. The highest BCUT2D eigenvalue weighted by atomic mass is 32.2. The van der Waals surface area contributed by atoms with Gasteiger partial charge in [-0.05, 0) is 24.3 Å². The number of sulfonamides is 1. The Labute approximate surface area is 143 Å². The number of carbonyl (C=O) groups is 1. The van der Waals surface area contributed by atoms with E-state index < -0.39 is 39.8 Å². The summed E-state index contributed by atoms with van der Waals surface area (Å²) in [7, 11) is -1.99. The van der Waals surface area contributed by atoms with E-state index in [2.05, 4.69) is 0 Å². The third-order valence-electron chi connectivity index (χ3n) is 4.56. The molecule has 2 fully saturated rings. The number of likely N-dealkylation sites (N-methyl/N-ethyl adjacent to an activating group) is 1. The Morgan fingerprint density at radius 3 is 2.44 bits per heavy atom. The van der Waals surface area contributed by atoms with Gasteiger partial charge in [-0.2, -0.15) is 17.5 Å². The molecule has 0 spiro atoms. The second-order valence-corrected chi connectivity index (χ2v) is 8.24. The molecule has 2 atom stereocenters. The minimum absolute atomic E-state index is 0.0517. The van der Waals surface area contributed by atoms with Crippen LogP contribution in [0.5, 0.6) is 0 Å². The summed E-state index contributed by atoms with van der Waals surface area (Å²) in [6, 6.07) is 3.47. The topological polar surface area (TPSA) is 66.9 Å². The van der Waals surface area contributed by atoms with Crippen LogP contribution in [0.2, 0.25) is 0 Å². The largest absolute Gasteiger partial charge is 0.416 e. The number of rotatable bonds is 1. The number of nitrogens with zero attached hydrogens (tertiary/aromatic N) is 2. The molecule has 1 aromatic rings. The summed E-state index contributed by atoms with van der Waals surface area (Å²) in [5.74, 6) is -0.556. The fraction of sp³-hybridized carbons (Fsp3) is 0.533. The van der Waals surface area contributed by atoms with Crippen molar-refractivity contribution >= 4 is 15.9 Å². The molecule has 6 nitrogen and oxygen atoms in total. The van der Waals surface area contributed by atoms with Gasteiger partial charge in [0.25, 0.3) is 5.91 Å². The molecule has 0 aliphatic carbocycles. The summed E-state index contributed by atoms with van der Waals surface area (Å²) in [6.07, 6.45) is -4.91. The molecule has 2 aliphatic heterocycles. The third kappa shape index (κ3) is 3.51. The molecule has 1 amide bonds. The molecule has 0 unspecified atom stereocenters. The second kappa shape index (κ2) is 6.26. The molecule has 2 aliphatic rings. The van der Waals surface area contributed by atoms with Gasteiger partial charge in [0, 0.05) is 25.7 Å². The van der Waals surface area contributed by atoms with E-state index >= 15 is 0 Å². The molecule has 138 valence electrons. The smallest absolute Gasteiger partial charge is 0.374 e. The van der Waals surface area contributed by atoms with Crippen LogP contribution in [0, 0.1) is 0 Å². The van der Waals surface area contributed by atoms with E-state index in [1.165, 1.54) is 16.3 Å². The molecule has 2 heterocycles. The number of ether oxygens (including phenoxy) is 1. The molecular formula is C15H17F3N2O4S.